The number of ether oxygens (including phenoxy) is 1. The van der Waals surface area contributed by atoms with E-state index in [1.54, 1.807) is 18.2 Å². The predicted molar refractivity (Wildman–Crippen MR) is 115 cm³/mol. The summed E-state index contributed by atoms with van der Waals surface area (Å²) in [6, 6.07) is 13.4. The zero-order valence-electron chi connectivity index (χ0n) is 16.6. The van der Waals surface area contributed by atoms with Crippen molar-refractivity contribution >= 4 is 17.2 Å². The molecule has 0 saturated heterocycles. The first-order valence-electron chi connectivity index (χ1n) is 10.3. The molecule has 6 heteroatoms. The summed E-state index contributed by atoms with van der Waals surface area (Å²) in [4.78, 5) is 0. The molecule has 4 rings (SSSR count). The van der Waals surface area contributed by atoms with Gasteiger partial charge in [0.25, 0.3) is 0 Å². The fourth-order valence-electron chi connectivity index (χ4n) is 3.79. The Morgan fingerprint density at radius 2 is 1.70 bits per heavy atom. The molecule has 2 aliphatic carbocycles. The standard InChI is InChI=1S/C24H27ClO5/c25-21-8-5-16(20-11-18(12-26)22(27)24(29)23(20)28)10-17(21)9-14-3-6-19(7-4-14)30-13-15-1-2-15/h3-8,10-11,15,18,22-24,26-29H,1-2,9,12-13H2/t18-,22-,23+,24+/m1/s1. The van der Waals surface area contributed by atoms with Crippen LogP contribution in [0.4, 0.5) is 0 Å². The molecule has 2 aliphatic rings. The molecule has 4 atom stereocenters. The van der Waals surface area contributed by atoms with E-state index in [1.807, 2.05) is 30.3 Å². The molecule has 5 nitrogen and oxygen atoms in total. The highest BCUT2D eigenvalue weighted by atomic mass is 35.5. The molecule has 0 aliphatic heterocycles. The third kappa shape index (κ3) is 4.71. The Labute approximate surface area is 181 Å². The van der Waals surface area contributed by atoms with E-state index in [0.717, 1.165) is 23.5 Å². The van der Waals surface area contributed by atoms with Gasteiger partial charge in [0.15, 0.2) is 0 Å². The van der Waals surface area contributed by atoms with Gasteiger partial charge in [0, 0.05) is 10.9 Å². The molecule has 160 valence electrons. The summed E-state index contributed by atoms with van der Waals surface area (Å²) in [5.41, 5.74) is 3.15. The van der Waals surface area contributed by atoms with Crippen LogP contribution in [-0.2, 0) is 6.42 Å². The van der Waals surface area contributed by atoms with E-state index >= 15 is 0 Å². The summed E-state index contributed by atoms with van der Waals surface area (Å²) in [6.45, 7) is 0.462. The van der Waals surface area contributed by atoms with E-state index in [1.165, 1.54) is 12.8 Å². The lowest BCUT2D eigenvalue weighted by atomic mass is 9.81. The topological polar surface area (TPSA) is 90.2 Å². The number of hydrogen-bond acceptors (Lipinski definition) is 5. The maximum absolute atomic E-state index is 10.4. The Hall–Kier alpha value is -1.89. The van der Waals surface area contributed by atoms with Crippen molar-refractivity contribution in [1.29, 1.82) is 0 Å². The molecule has 0 amide bonds. The van der Waals surface area contributed by atoms with Gasteiger partial charge in [0.2, 0.25) is 0 Å². The highest BCUT2D eigenvalue weighted by Crippen LogP contribution is 2.33. The van der Waals surface area contributed by atoms with Crippen molar-refractivity contribution in [1.82, 2.24) is 0 Å². The van der Waals surface area contributed by atoms with Crippen molar-refractivity contribution < 1.29 is 25.2 Å². The van der Waals surface area contributed by atoms with Gasteiger partial charge in [0.1, 0.15) is 18.0 Å². The number of aliphatic hydroxyl groups is 4. The molecule has 2 aromatic carbocycles. The van der Waals surface area contributed by atoms with Crippen LogP contribution < -0.4 is 4.74 Å². The smallest absolute Gasteiger partial charge is 0.119 e. The second kappa shape index (κ2) is 9.08. The van der Waals surface area contributed by atoms with Gasteiger partial charge < -0.3 is 25.2 Å². The van der Waals surface area contributed by atoms with Gasteiger partial charge in [-0.1, -0.05) is 35.9 Å². The Kier molecular flexibility index (Phi) is 6.46. The lowest BCUT2D eigenvalue weighted by Crippen LogP contribution is -2.46. The Morgan fingerprint density at radius 1 is 0.967 bits per heavy atom. The Morgan fingerprint density at radius 3 is 2.37 bits per heavy atom. The largest absolute Gasteiger partial charge is 0.493 e. The maximum Gasteiger partial charge on any atom is 0.119 e. The van der Waals surface area contributed by atoms with E-state index in [4.69, 9.17) is 16.3 Å². The monoisotopic (exact) mass is 430 g/mol. The highest BCUT2D eigenvalue weighted by Gasteiger charge is 2.37. The minimum absolute atomic E-state index is 0.315. The molecule has 1 saturated carbocycles. The van der Waals surface area contributed by atoms with Crippen LogP contribution in [-0.4, -0.2) is 52.0 Å². The van der Waals surface area contributed by atoms with Crippen LogP contribution in [0.2, 0.25) is 5.02 Å². The van der Waals surface area contributed by atoms with Gasteiger partial charge in [-0.05, 0) is 71.7 Å². The lowest BCUT2D eigenvalue weighted by molar-refractivity contribution is -0.0687. The minimum Gasteiger partial charge on any atom is -0.493 e. The lowest BCUT2D eigenvalue weighted by Gasteiger charge is -2.34. The van der Waals surface area contributed by atoms with Crippen molar-refractivity contribution in [3.63, 3.8) is 0 Å². The SMILES string of the molecule is OC[C@H]1C=C(c2ccc(Cl)c(Cc3ccc(OCC4CC4)cc3)c2)[C@H](O)[C@@H](O)[C@@H]1O. The maximum atomic E-state index is 10.4. The fourth-order valence-corrected chi connectivity index (χ4v) is 3.98. The zero-order valence-corrected chi connectivity index (χ0v) is 17.4. The highest BCUT2D eigenvalue weighted by molar-refractivity contribution is 6.31. The van der Waals surface area contributed by atoms with Crippen molar-refractivity contribution in [3.05, 3.63) is 70.3 Å². The summed E-state index contributed by atoms with van der Waals surface area (Å²) in [6.07, 6.45) is 0.944. The number of benzene rings is 2. The zero-order chi connectivity index (χ0) is 21.3. The number of rotatable bonds is 7. The average molecular weight is 431 g/mol. The van der Waals surface area contributed by atoms with Gasteiger partial charge in [-0.25, -0.2) is 0 Å². The minimum atomic E-state index is -1.36. The third-order valence-electron chi connectivity index (χ3n) is 5.91. The summed E-state index contributed by atoms with van der Waals surface area (Å²) in [5, 5.41) is 40.7. The van der Waals surface area contributed by atoms with Gasteiger partial charge in [0.05, 0.1) is 19.3 Å². The van der Waals surface area contributed by atoms with Crippen molar-refractivity contribution in [2.24, 2.45) is 11.8 Å². The van der Waals surface area contributed by atoms with Crippen molar-refractivity contribution in [2.45, 2.75) is 37.6 Å². The fraction of sp³-hybridized carbons (Fsp3) is 0.417. The van der Waals surface area contributed by atoms with Gasteiger partial charge in [-0.3, -0.25) is 0 Å². The van der Waals surface area contributed by atoms with Crippen molar-refractivity contribution in [2.75, 3.05) is 13.2 Å². The molecule has 1 fully saturated rings. The summed E-state index contributed by atoms with van der Waals surface area (Å²) < 4.78 is 5.78. The van der Waals surface area contributed by atoms with Gasteiger partial charge in [-0.15, -0.1) is 0 Å². The van der Waals surface area contributed by atoms with Crippen LogP contribution in [0.1, 0.15) is 29.5 Å². The first-order valence-corrected chi connectivity index (χ1v) is 10.7. The summed E-state index contributed by atoms with van der Waals surface area (Å²) in [5.74, 6) is 0.935. The molecule has 0 spiro atoms. The van der Waals surface area contributed by atoms with Crippen LogP contribution in [0.15, 0.2) is 48.5 Å². The van der Waals surface area contributed by atoms with Crippen LogP contribution in [0.5, 0.6) is 5.75 Å². The summed E-state index contributed by atoms with van der Waals surface area (Å²) >= 11 is 6.42. The van der Waals surface area contributed by atoms with E-state index < -0.39 is 24.2 Å². The molecular formula is C24H27ClO5. The molecule has 0 unspecified atom stereocenters. The van der Waals surface area contributed by atoms with E-state index in [9.17, 15) is 20.4 Å². The normalized spacial score (nSPS) is 26.4. The van der Waals surface area contributed by atoms with Crippen LogP contribution in [0.3, 0.4) is 0 Å². The number of hydrogen-bond donors (Lipinski definition) is 4. The van der Waals surface area contributed by atoms with E-state index in [2.05, 4.69) is 0 Å². The molecule has 4 N–H and O–H groups in total. The van der Waals surface area contributed by atoms with Crippen molar-refractivity contribution in [3.8, 4) is 5.75 Å². The molecule has 0 aromatic heterocycles. The molecule has 0 bridgehead atoms. The summed E-state index contributed by atoms with van der Waals surface area (Å²) in [7, 11) is 0. The predicted octanol–water partition coefficient (Wildman–Crippen LogP) is 2.81. The molecule has 30 heavy (non-hydrogen) atoms. The van der Waals surface area contributed by atoms with Crippen LogP contribution in [0.25, 0.3) is 5.57 Å². The van der Waals surface area contributed by atoms with Gasteiger partial charge >= 0.3 is 0 Å². The molecule has 0 radical (unpaired) electrons. The Balaban J connectivity index is 1.53. The van der Waals surface area contributed by atoms with E-state index in [0.29, 0.717) is 28.5 Å². The molecule has 0 heterocycles. The first-order chi connectivity index (χ1) is 14.5. The molecular weight excluding hydrogens is 404 g/mol. The molecule has 2 aromatic rings. The first kappa shape index (κ1) is 21.3. The third-order valence-corrected chi connectivity index (χ3v) is 6.28. The second-order valence-electron chi connectivity index (χ2n) is 8.28. The average Bonchev–Trinajstić information content (AvgIpc) is 3.58. The van der Waals surface area contributed by atoms with E-state index in [-0.39, 0.29) is 6.61 Å². The van der Waals surface area contributed by atoms with Crippen LogP contribution >= 0.6 is 11.6 Å². The quantitative estimate of drug-likeness (QED) is 0.542. The van der Waals surface area contributed by atoms with Crippen LogP contribution in [0, 0.1) is 11.8 Å². The number of halogens is 1. The Bertz CT molecular complexity index is 906. The number of aliphatic hydroxyl groups excluding tert-OH is 4. The second-order valence-corrected chi connectivity index (χ2v) is 8.68. The van der Waals surface area contributed by atoms with Gasteiger partial charge in [-0.2, -0.15) is 0 Å².